The number of amides is 1. The molecule has 202 valence electrons. The van der Waals surface area contributed by atoms with E-state index in [-0.39, 0.29) is 5.75 Å². The van der Waals surface area contributed by atoms with E-state index in [0.717, 1.165) is 45.6 Å². The Labute approximate surface area is 214 Å². The second-order valence-corrected chi connectivity index (χ2v) is 12.1. The Bertz CT molecular complexity index is 973. The number of likely N-dealkylation sites (tertiary alicyclic amines) is 1. The molecule has 36 heavy (non-hydrogen) atoms. The number of hydrogen-bond acceptors (Lipinski definition) is 8. The number of sulfonamides is 1. The summed E-state index contributed by atoms with van der Waals surface area (Å²) in [6.45, 7) is 11.2. The van der Waals surface area contributed by atoms with Gasteiger partial charge in [0.2, 0.25) is 15.8 Å². The maximum atomic E-state index is 12.7. The number of ether oxygens (including phenoxy) is 3. The fourth-order valence-electron chi connectivity index (χ4n) is 5.00. The standard InChI is InChI=1S/C25H40N4O6S/c1-20(2)28-12-14-29(15-13-28)36(31,32)18-4-9-27-10-7-21(8-11-27)19-26-25(30)35-23-6-3-5-22-24(23)34-17-16-33-22/h3,5-6,20-21H,4,7-19H2,1-2H3,(H,26,30). The normalized spacial score (nSPS) is 20.4. The summed E-state index contributed by atoms with van der Waals surface area (Å²) in [5.74, 6) is 1.99. The maximum absolute atomic E-state index is 12.7. The molecule has 0 radical (unpaired) electrons. The predicted octanol–water partition coefficient (Wildman–Crippen LogP) is 2.00. The van der Waals surface area contributed by atoms with Crippen LogP contribution < -0.4 is 19.5 Å². The minimum absolute atomic E-state index is 0.208. The summed E-state index contributed by atoms with van der Waals surface area (Å²) in [6, 6.07) is 5.70. The number of hydrogen-bond donors (Lipinski definition) is 1. The van der Waals surface area contributed by atoms with Crippen molar-refractivity contribution in [1.29, 1.82) is 0 Å². The Kier molecular flexibility index (Phi) is 9.32. The van der Waals surface area contributed by atoms with Crippen molar-refractivity contribution in [3.63, 3.8) is 0 Å². The molecule has 1 N–H and O–H groups in total. The van der Waals surface area contributed by atoms with Gasteiger partial charge >= 0.3 is 6.09 Å². The van der Waals surface area contributed by atoms with Gasteiger partial charge in [0.25, 0.3) is 0 Å². The van der Waals surface area contributed by atoms with E-state index < -0.39 is 16.1 Å². The number of carbonyl (C=O) groups is 1. The Morgan fingerprint density at radius 3 is 2.53 bits per heavy atom. The van der Waals surface area contributed by atoms with E-state index in [9.17, 15) is 13.2 Å². The highest BCUT2D eigenvalue weighted by Crippen LogP contribution is 2.39. The average Bonchev–Trinajstić information content (AvgIpc) is 2.88. The molecule has 1 aromatic carbocycles. The first-order chi connectivity index (χ1) is 17.3. The number of para-hydroxylation sites is 1. The van der Waals surface area contributed by atoms with Gasteiger partial charge in [-0.15, -0.1) is 0 Å². The van der Waals surface area contributed by atoms with Crippen LogP contribution in [-0.4, -0.2) is 106 Å². The molecule has 0 spiro atoms. The number of nitrogens with one attached hydrogen (secondary N) is 1. The Balaban J connectivity index is 1.11. The van der Waals surface area contributed by atoms with Crippen molar-refractivity contribution in [3.8, 4) is 17.2 Å². The molecule has 10 nitrogen and oxygen atoms in total. The Morgan fingerprint density at radius 1 is 1.08 bits per heavy atom. The molecule has 11 heteroatoms. The van der Waals surface area contributed by atoms with Crippen LogP contribution in [0.3, 0.4) is 0 Å². The molecule has 1 amide bonds. The lowest BCUT2D eigenvalue weighted by Gasteiger charge is -2.36. The van der Waals surface area contributed by atoms with Crippen molar-refractivity contribution < 1.29 is 27.4 Å². The molecule has 0 saturated carbocycles. The van der Waals surface area contributed by atoms with E-state index in [1.807, 2.05) is 0 Å². The van der Waals surface area contributed by atoms with Crippen molar-refractivity contribution in [2.45, 2.75) is 39.2 Å². The van der Waals surface area contributed by atoms with Crippen LogP contribution in [0, 0.1) is 5.92 Å². The van der Waals surface area contributed by atoms with E-state index in [1.165, 1.54) is 0 Å². The van der Waals surface area contributed by atoms with Crippen LogP contribution in [0.1, 0.15) is 33.1 Å². The predicted molar refractivity (Wildman–Crippen MR) is 137 cm³/mol. The third-order valence-corrected chi connectivity index (χ3v) is 9.21. The van der Waals surface area contributed by atoms with Crippen LogP contribution in [0.25, 0.3) is 0 Å². The molecule has 0 bridgehead atoms. The first kappa shape index (κ1) is 27.0. The second-order valence-electron chi connectivity index (χ2n) is 10.0. The van der Waals surface area contributed by atoms with Gasteiger partial charge in [-0.2, -0.15) is 4.31 Å². The third kappa shape index (κ3) is 7.24. The van der Waals surface area contributed by atoms with E-state index >= 15 is 0 Å². The minimum atomic E-state index is -3.19. The molecular weight excluding hydrogens is 484 g/mol. The third-order valence-electron chi connectivity index (χ3n) is 7.25. The second kappa shape index (κ2) is 12.4. The summed E-state index contributed by atoms with van der Waals surface area (Å²) >= 11 is 0. The molecule has 1 aromatic rings. The van der Waals surface area contributed by atoms with Gasteiger partial charge < -0.3 is 24.4 Å². The largest absolute Gasteiger partial charge is 0.486 e. The molecular formula is C25H40N4O6S. The van der Waals surface area contributed by atoms with Crippen molar-refractivity contribution in [1.82, 2.24) is 19.4 Å². The summed E-state index contributed by atoms with van der Waals surface area (Å²) in [4.78, 5) is 17.0. The van der Waals surface area contributed by atoms with Gasteiger partial charge in [0, 0.05) is 38.8 Å². The van der Waals surface area contributed by atoms with Gasteiger partial charge in [-0.05, 0) is 70.8 Å². The van der Waals surface area contributed by atoms with Gasteiger partial charge in [-0.25, -0.2) is 13.2 Å². The van der Waals surface area contributed by atoms with Crippen LogP contribution in [-0.2, 0) is 10.0 Å². The van der Waals surface area contributed by atoms with Crippen LogP contribution in [0.4, 0.5) is 4.79 Å². The maximum Gasteiger partial charge on any atom is 0.412 e. The smallest absolute Gasteiger partial charge is 0.412 e. The van der Waals surface area contributed by atoms with Gasteiger partial charge in [0.05, 0.1) is 5.75 Å². The zero-order valence-corrected chi connectivity index (χ0v) is 22.3. The average molecular weight is 525 g/mol. The Morgan fingerprint density at radius 2 is 1.81 bits per heavy atom. The highest BCUT2D eigenvalue weighted by Gasteiger charge is 2.28. The fraction of sp³-hybridized carbons (Fsp3) is 0.720. The quantitative estimate of drug-likeness (QED) is 0.524. The number of nitrogens with zero attached hydrogens (tertiary/aromatic N) is 3. The van der Waals surface area contributed by atoms with Crippen molar-refractivity contribution in [2.24, 2.45) is 5.92 Å². The highest BCUT2D eigenvalue weighted by atomic mass is 32.2. The lowest BCUT2D eigenvalue weighted by Crippen LogP contribution is -2.51. The van der Waals surface area contributed by atoms with Crippen LogP contribution in [0.5, 0.6) is 17.2 Å². The zero-order chi connectivity index (χ0) is 25.5. The van der Waals surface area contributed by atoms with Crippen LogP contribution >= 0.6 is 0 Å². The van der Waals surface area contributed by atoms with Gasteiger partial charge in [0.1, 0.15) is 13.2 Å². The molecule has 3 heterocycles. The van der Waals surface area contributed by atoms with Crippen molar-refractivity contribution >= 4 is 16.1 Å². The van der Waals surface area contributed by atoms with Crippen molar-refractivity contribution in [2.75, 3.05) is 71.3 Å². The molecule has 0 aromatic heterocycles. The number of piperazine rings is 1. The number of carbonyl (C=O) groups excluding carboxylic acids is 1. The molecule has 3 aliphatic heterocycles. The Hall–Kier alpha value is -2.08. The summed E-state index contributed by atoms with van der Waals surface area (Å²) in [5.41, 5.74) is 0. The fourth-order valence-corrected chi connectivity index (χ4v) is 6.47. The molecule has 0 aliphatic carbocycles. The van der Waals surface area contributed by atoms with Crippen LogP contribution in [0.2, 0.25) is 0 Å². The molecule has 2 saturated heterocycles. The van der Waals surface area contributed by atoms with Gasteiger partial charge in [-0.1, -0.05) is 6.07 Å². The lowest BCUT2D eigenvalue weighted by molar-refractivity contribution is 0.153. The first-order valence-corrected chi connectivity index (χ1v) is 14.7. The number of rotatable bonds is 9. The highest BCUT2D eigenvalue weighted by molar-refractivity contribution is 7.89. The molecule has 3 aliphatic rings. The lowest BCUT2D eigenvalue weighted by atomic mass is 9.97. The summed E-state index contributed by atoms with van der Waals surface area (Å²) < 4.78 is 43.7. The topological polar surface area (TPSA) is 101 Å². The number of fused-ring (bicyclic) bond motifs is 1. The van der Waals surface area contributed by atoms with Crippen LogP contribution in [0.15, 0.2) is 18.2 Å². The van der Waals surface area contributed by atoms with E-state index in [1.54, 1.807) is 22.5 Å². The van der Waals surface area contributed by atoms with E-state index in [0.29, 0.717) is 68.5 Å². The van der Waals surface area contributed by atoms with E-state index in [4.69, 9.17) is 14.2 Å². The zero-order valence-electron chi connectivity index (χ0n) is 21.5. The number of piperidine rings is 1. The summed E-state index contributed by atoms with van der Waals surface area (Å²) in [7, 11) is -3.19. The molecule has 0 unspecified atom stereocenters. The molecule has 2 fully saturated rings. The summed E-state index contributed by atoms with van der Waals surface area (Å²) in [5, 5.41) is 2.87. The van der Waals surface area contributed by atoms with Crippen molar-refractivity contribution in [3.05, 3.63) is 18.2 Å². The monoisotopic (exact) mass is 524 g/mol. The summed E-state index contributed by atoms with van der Waals surface area (Å²) in [6.07, 6.45) is 2.07. The SMILES string of the molecule is CC(C)N1CCN(S(=O)(=O)CCCN2CCC(CNC(=O)Oc3cccc4c3OCCO4)CC2)CC1. The van der Waals surface area contributed by atoms with Gasteiger partial charge in [-0.3, -0.25) is 4.90 Å². The minimum Gasteiger partial charge on any atom is -0.486 e. The first-order valence-electron chi connectivity index (χ1n) is 13.1. The molecule has 0 atom stereocenters. The van der Waals surface area contributed by atoms with E-state index in [2.05, 4.69) is 29.0 Å². The molecule has 4 rings (SSSR count). The number of benzene rings is 1. The van der Waals surface area contributed by atoms with Gasteiger partial charge in [0.15, 0.2) is 11.5 Å².